The average Bonchev–Trinajstić information content (AvgIpc) is 3.08. The van der Waals surface area contributed by atoms with Crippen molar-refractivity contribution < 1.29 is 9.72 Å². The van der Waals surface area contributed by atoms with E-state index in [2.05, 4.69) is 15.4 Å². The third kappa shape index (κ3) is 4.11. The highest BCUT2D eigenvalue weighted by molar-refractivity contribution is 5.87. The summed E-state index contributed by atoms with van der Waals surface area (Å²) in [5.41, 5.74) is 0.713. The fraction of sp³-hybridized carbons (Fsp3) is 0.222. The highest BCUT2D eigenvalue weighted by Crippen LogP contribution is 2.14. The van der Waals surface area contributed by atoms with Gasteiger partial charge in [-0.3, -0.25) is 24.3 Å². The number of nitrogens with zero attached hydrogens (tertiary/aromatic N) is 5. The standard InChI is InChI=1S/C18H18N6O4/c1-2-4-16(25)19-7-8-23-17-15(10-21-23)18(26)22(12-20-17)11-13-5-3-6-14(9-13)24(27)28/h2-6,9-10,12H,7-8,11H2,1H3,(H,19,25)/b4-2-. The molecule has 1 amide bonds. The topological polar surface area (TPSA) is 125 Å². The van der Waals surface area contributed by atoms with Gasteiger partial charge in [-0.15, -0.1) is 0 Å². The van der Waals surface area contributed by atoms with Crippen LogP contribution in [0.1, 0.15) is 12.5 Å². The molecule has 0 saturated carbocycles. The molecule has 10 heteroatoms. The molecule has 2 heterocycles. The highest BCUT2D eigenvalue weighted by atomic mass is 16.6. The van der Waals surface area contributed by atoms with Crippen LogP contribution in [-0.2, 0) is 17.9 Å². The van der Waals surface area contributed by atoms with Crippen molar-refractivity contribution in [2.75, 3.05) is 6.54 Å². The Morgan fingerprint density at radius 1 is 1.39 bits per heavy atom. The van der Waals surface area contributed by atoms with Gasteiger partial charge >= 0.3 is 0 Å². The van der Waals surface area contributed by atoms with Gasteiger partial charge in [0.2, 0.25) is 5.91 Å². The summed E-state index contributed by atoms with van der Waals surface area (Å²) in [4.78, 5) is 38.8. The fourth-order valence-corrected chi connectivity index (χ4v) is 2.73. The first-order valence-electron chi connectivity index (χ1n) is 8.54. The summed E-state index contributed by atoms with van der Waals surface area (Å²) < 4.78 is 2.92. The van der Waals surface area contributed by atoms with Crippen LogP contribution in [0.4, 0.5) is 5.69 Å². The second-order valence-electron chi connectivity index (χ2n) is 6.00. The van der Waals surface area contributed by atoms with Gasteiger partial charge in [0, 0.05) is 18.7 Å². The molecule has 0 aliphatic heterocycles. The number of fused-ring (bicyclic) bond motifs is 1. The average molecular weight is 382 g/mol. The predicted octanol–water partition coefficient (Wildman–Crippen LogP) is 1.24. The molecule has 0 fully saturated rings. The SMILES string of the molecule is C/C=C\C(=O)NCCn1ncc2c(=O)n(Cc3cccc([N+](=O)[O-])c3)cnc21. The molecule has 1 N–H and O–H groups in total. The molecule has 0 saturated heterocycles. The monoisotopic (exact) mass is 382 g/mol. The quantitative estimate of drug-likeness (QED) is 0.372. The highest BCUT2D eigenvalue weighted by Gasteiger charge is 2.12. The number of nitrogens with one attached hydrogen (secondary N) is 1. The van der Waals surface area contributed by atoms with Gasteiger partial charge in [0.15, 0.2) is 5.65 Å². The first-order valence-corrected chi connectivity index (χ1v) is 8.54. The zero-order chi connectivity index (χ0) is 20.1. The molecule has 0 radical (unpaired) electrons. The minimum absolute atomic E-state index is 0.0348. The number of allylic oxidation sites excluding steroid dienone is 1. The maximum Gasteiger partial charge on any atom is 0.269 e. The second-order valence-corrected chi connectivity index (χ2v) is 6.00. The van der Waals surface area contributed by atoms with E-state index in [0.717, 1.165) is 0 Å². The minimum atomic E-state index is -0.479. The summed E-state index contributed by atoms with van der Waals surface area (Å²) in [5.74, 6) is -0.203. The van der Waals surface area contributed by atoms with Gasteiger partial charge in [-0.05, 0) is 18.6 Å². The van der Waals surface area contributed by atoms with E-state index in [9.17, 15) is 19.7 Å². The molecule has 0 spiro atoms. The van der Waals surface area contributed by atoms with Gasteiger partial charge in [0.05, 0.1) is 24.2 Å². The molecule has 3 rings (SSSR count). The molecular weight excluding hydrogens is 364 g/mol. The Balaban J connectivity index is 1.79. The Labute approximate surface area is 159 Å². The lowest BCUT2D eigenvalue weighted by molar-refractivity contribution is -0.384. The zero-order valence-electron chi connectivity index (χ0n) is 15.1. The number of hydrogen-bond acceptors (Lipinski definition) is 6. The summed E-state index contributed by atoms with van der Waals surface area (Å²) >= 11 is 0. The van der Waals surface area contributed by atoms with Crippen LogP contribution >= 0.6 is 0 Å². The molecule has 144 valence electrons. The van der Waals surface area contributed by atoms with E-state index in [0.29, 0.717) is 29.7 Å². The maximum absolute atomic E-state index is 12.7. The summed E-state index contributed by atoms with van der Waals surface area (Å²) in [6, 6.07) is 6.10. The third-order valence-corrected chi connectivity index (χ3v) is 4.04. The van der Waals surface area contributed by atoms with Gasteiger partial charge in [0.25, 0.3) is 11.2 Å². The van der Waals surface area contributed by atoms with Gasteiger partial charge in [-0.25, -0.2) is 9.67 Å². The molecule has 3 aromatic rings. The lowest BCUT2D eigenvalue weighted by atomic mass is 10.2. The van der Waals surface area contributed by atoms with E-state index < -0.39 is 4.92 Å². The van der Waals surface area contributed by atoms with Crippen molar-refractivity contribution in [1.82, 2.24) is 24.6 Å². The molecule has 0 bridgehead atoms. The number of hydrogen-bond donors (Lipinski definition) is 1. The van der Waals surface area contributed by atoms with Crippen LogP contribution in [0.5, 0.6) is 0 Å². The number of carbonyl (C=O) groups excluding carboxylic acids is 1. The van der Waals surface area contributed by atoms with Crippen LogP contribution in [0.2, 0.25) is 0 Å². The van der Waals surface area contributed by atoms with Crippen LogP contribution in [0.15, 0.2) is 53.7 Å². The van der Waals surface area contributed by atoms with Crippen molar-refractivity contribution >= 4 is 22.6 Å². The van der Waals surface area contributed by atoms with E-state index in [1.165, 1.54) is 35.3 Å². The van der Waals surface area contributed by atoms with Crippen molar-refractivity contribution in [1.29, 1.82) is 0 Å². The third-order valence-electron chi connectivity index (χ3n) is 4.04. The number of rotatable bonds is 7. The molecule has 0 unspecified atom stereocenters. The number of nitro groups is 1. The van der Waals surface area contributed by atoms with Crippen molar-refractivity contribution in [3.8, 4) is 0 Å². The Morgan fingerprint density at radius 2 is 2.21 bits per heavy atom. The van der Waals surface area contributed by atoms with Gasteiger partial charge < -0.3 is 5.32 Å². The van der Waals surface area contributed by atoms with Crippen molar-refractivity contribution in [2.24, 2.45) is 0 Å². The van der Waals surface area contributed by atoms with Crippen molar-refractivity contribution in [3.63, 3.8) is 0 Å². The second kappa shape index (κ2) is 8.25. The lowest BCUT2D eigenvalue weighted by Crippen LogP contribution is -2.26. The Kier molecular flexibility index (Phi) is 5.58. The van der Waals surface area contributed by atoms with Gasteiger partial charge in [-0.1, -0.05) is 18.2 Å². The molecular formula is C18H18N6O4. The smallest absolute Gasteiger partial charge is 0.269 e. The van der Waals surface area contributed by atoms with E-state index in [-0.39, 0.29) is 23.7 Å². The largest absolute Gasteiger partial charge is 0.351 e. The predicted molar refractivity (Wildman–Crippen MR) is 102 cm³/mol. The van der Waals surface area contributed by atoms with Crippen LogP contribution < -0.4 is 10.9 Å². The van der Waals surface area contributed by atoms with Crippen LogP contribution in [0.25, 0.3) is 11.0 Å². The zero-order valence-corrected chi connectivity index (χ0v) is 15.1. The Bertz CT molecular complexity index is 1110. The summed E-state index contributed by atoms with van der Waals surface area (Å²) in [7, 11) is 0. The normalized spacial score (nSPS) is 11.2. The number of benzene rings is 1. The Hall–Kier alpha value is -3.82. The van der Waals surface area contributed by atoms with Crippen molar-refractivity contribution in [2.45, 2.75) is 20.0 Å². The number of nitro benzene ring substituents is 1. The summed E-state index contributed by atoms with van der Waals surface area (Å²) in [6.45, 7) is 2.63. The minimum Gasteiger partial charge on any atom is -0.351 e. The van der Waals surface area contributed by atoms with Crippen LogP contribution in [-0.4, -0.2) is 36.7 Å². The van der Waals surface area contributed by atoms with Crippen LogP contribution in [0.3, 0.4) is 0 Å². The number of amides is 1. The lowest BCUT2D eigenvalue weighted by Gasteiger charge is -2.07. The maximum atomic E-state index is 12.7. The van der Waals surface area contributed by atoms with E-state index in [1.807, 2.05) is 0 Å². The number of carbonyl (C=O) groups is 1. The molecule has 0 aliphatic carbocycles. The molecule has 2 aromatic heterocycles. The van der Waals surface area contributed by atoms with E-state index in [1.54, 1.807) is 29.8 Å². The van der Waals surface area contributed by atoms with Crippen molar-refractivity contribution in [3.05, 3.63) is 75.0 Å². The number of non-ortho nitro benzene ring substituents is 1. The van der Waals surface area contributed by atoms with E-state index in [4.69, 9.17) is 0 Å². The van der Waals surface area contributed by atoms with E-state index >= 15 is 0 Å². The Morgan fingerprint density at radius 3 is 2.96 bits per heavy atom. The molecule has 10 nitrogen and oxygen atoms in total. The number of aromatic nitrogens is 4. The van der Waals surface area contributed by atoms with Gasteiger partial charge in [-0.2, -0.15) is 5.10 Å². The first-order chi connectivity index (χ1) is 13.5. The first kappa shape index (κ1) is 19.0. The molecule has 0 atom stereocenters. The molecule has 28 heavy (non-hydrogen) atoms. The molecule has 0 aliphatic rings. The summed E-state index contributed by atoms with van der Waals surface area (Å²) in [5, 5.41) is 18.1. The fourth-order valence-electron chi connectivity index (χ4n) is 2.73. The van der Waals surface area contributed by atoms with Crippen LogP contribution in [0, 0.1) is 10.1 Å². The van der Waals surface area contributed by atoms with Gasteiger partial charge in [0.1, 0.15) is 11.7 Å². The summed E-state index contributed by atoms with van der Waals surface area (Å²) in [6.07, 6.45) is 5.89. The molecule has 1 aromatic carbocycles.